The number of aryl methyl sites for hydroxylation is 2. The first-order chi connectivity index (χ1) is 65.8. The van der Waals surface area contributed by atoms with Gasteiger partial charge in [-0.3, -0.25) is 0 Å². The highest BCUT2D eigenvalue weighted by molar-refractivity contribution is 5.85. The number of aromatic amines is 1. The molecule has 7 fully saturated rings. The SMILES string of the molecule is C1=C(Nc2ccccc2)CCCC1.C1CCC(NC2CCCCC2)CC1.C1CCCCC1.NC1CCCCC1.NC1CCCCC1.NC1CCCCC1.Nc1ccc(Nc2ccccc2)cc1.Nc1ccccc1.Nc1ccccc1.Nc1ccccc1.Nc1ccccc1-c1ccccc1.Nc1ccccc1NC1CCCCC1.[HH].[HH].[HH].[HH].[HH].[HH].[HH].c1ccc2c3c([nH]c2c1)CCCC3.c1ccccc1. The van der Waals surface area contributed by atoms with Gasteiger partial charge in [-0.2, -0.15) is 0 Å². The van der Waals surface area contributed by atoms with E-state index in [9.17, 15) is 0 Å². The molecule has 11 aromatic carbocycles. The van der Waals surface area contributed by atoms with E-state index in [1.54, 1.807) is 5.56 Å². The molecule has 14 nitrogen and oxygen atoms in total. The van der Waals surface area contributed by atoms with E-state index < -0.39 is 0 Å². The standard InChI is InChI=1S/C12H18N2.C12H12N2.C12H13N.C12H23N.C12H15N.C12H11N.3C6H13N.3C6H7N.C6H12.C6H6.7H2/c13-11-8-4-5-9-12(11)14-10-6-2-1-3-7-10;13-10-6-8-12(9-7-10)14-11-4-2-1-3-5-11;1-3-7-11-9(5-1)10-6-2-4-8-12(10)13-11;2*1-3-7-11(8-4-1)13-12-9-5-2-6-10-12;13-12-9-5-4-8-11(12)10-6-2-1-3-7-10;6*7-6-4-2-1-3-5-6;2*1-2-4-6-5-3-1;;;;;;;/h4-5,8-10,14H,1-3,6-7,13H2;1-9,14H,13H2;1,3,5,7,13H,2,4,6,8H2;11-13H,1-10H2;1,3-4,7-9,13H,2,5-6,10H2;1-9H,13H2;3*6H,1-5,7H2;3*1-5H,7H2;1-6H2;1-6H;7*1H. The van der Waals surface area contributed by atoms with Crippen molar-refractivity contribution in [3.63, 3.8) is 0 Å². The maximum Gasteiger partial charge on any atom is 0.0576 e. The Labute approximate surface area is 819 Å². The van der Waals surface area contributed by atoms with Gasteiger partial charge in [0.25, 0.3) is 0 Å². The second-order valence-corrected chi connectivity index (χ2v) is 37.0. The summed E-state index contributed by atoms with van der Waals surface area (Å²) in [6.07, 6.45) is 62.8. The van der Waals surface area contributed by atoms with Gasteiger partial charge in [0, 0.05) is 120 Å². The summed E-state index contributed by atoms with van der Waals surface area (Å²) in [5.41, 5.74) is 67.7. The molecule has 1 heterocycles. The Balaban J connectivity index is 0.000000764. The largest absolute Gasteiger partial charge is 0.399 e. The minimum atomic E-state index is 0. The van der Waals surface area contributed by atoms with Gasteiger partial charge in [0.1, 0.15) is 0 Å². The van der Waals surface area contributed by atoms with Crippen LogP contribution in [0.3, 0.4) is 0 Å². The molecule has 23 N–H and O–H groups in total. The van der Waals surface area contributed by atoms with Crippen molar-refractivity contribution in [2.75, 3.05) is 50.4 Å². The quantitative estimate of drug-likeness (QED) is 0.0599. The Morgan fingerprint density at radius 3 is 0.963 bits per heavy atom. The number of anilines is 10. The molecule has 0 saturated heterocycles. The predicted molar refractivity (Wildman–Crippen MR) is 601 cm³/mol. The summed E-state index contributed by atoms with van der Waals surface area (Å²) in [5.74, 6) is 0. The zero-order valence-corrected chi connectivity index (χ0v) is 81.4. The van der Waals surface area contributed by atoms with Gasteiger partial charge >= 0.3 is 0 Å². The molecular formula is C120H184N14. The molecule has 1 aromatic heterocycles. The van der Waals surface area contributed by atoms with E-state index in [0.29, 0.717) is 24.2 Å². The number of para-hydroxylation sites is 9. The van der Waals surface area contributed by atoms with E-state index in [1.165, 1.54) is 316 Å². The third-order valence-electron chi connectivity index (χ3n) is 25.5. The Morgan fingerprint density at radius 2 is 0.575 bits per heavy atom. The van der Waals surface area contributed by atoms with Crippen LogP contribution >= 0.6 is 0 Å². The Morgan fingerprint density at radius 1 is 0.254 bits per heavy atom. The van der Waals surface area contributed by atoms with Gasteiger partial charge in [-0.05, 0) is 249 Å². The van der Waals surface area contributed by atoms with Gasteiger partial charge < -0.3 is 77.9 Å². The molecular weight excluding hydrogens is 1640 g/mol. The number of allylic oxidation sites excluding steroid dienone is 2. The number of rotatable bonds is 9. The molecule has 734 valence electrons. The highest BCUT2D eigenvalue weighted by Gasteiger charge is 2.20. The molecule has 12 aromatic rings. The van der Waals surface area contributed by atoms with Crippen molar-refractivity contribution in [3.8, 4) is 11.1 Å². The molecule has 0 unspecified atom stereocenters. The summed E-state index contributed by atoms with van der Waals surface area (Å²) in [6, 6.07) is 107. The maximum absolute atomic E-state index is 5.88. The van der Waals surface area contributed by atoms with E-state index in [0.717, 1.165) is 68.8 Å². The molecule has 0 aliphatic heterocycles. The monoisotopic (exact) mass is 1820 g/mol. The molecule has 14 heteroatoms. The summed E-state index contributed by atoms with van der Waals surface area (Å²) in [7, 11) is 0. The van der Waals surface area contributed by atoms with Crippen LogP contribution in [0.5, 0.6) is 0 Å². The van der Waals surface area contributed by atoms with Crippen LogP contribution in [0.15, 0.2) is 327 Å². The van der Waals surface area contributed by atoms with Crippen LogP contribution in [-0.4, -0.2) is 41.2 Å². The van der Waals surface area contributed by atoms with Crippen molar-refractivity contribution >= 4 is 67.8 Å². The van der Waals surface area contributed by atoms with Gasteiger partial charge in [-0.25, -0.2) is 0 Å². The third-order valence-corrected chi connectivity index (χ3v) is 25.5. The minimum absolute atomic E-state index is 0. The highest BCUT2D eigenvalue weighted by atomic mass is 15.0. The number of fused-ring (bicyclic) bond motifs is 3. The van der Waals surface area contributed by atoms with Gasteiger partial charge in [-0.15, -0.1) is 0 Å². The van der Waals surface area contributed by atoms with Crippen molar-refractivity contribution < 1.29 is 9.99 Å². The van der Waals surface area contributed by atoms with E-state index >= 15 is 0 Å². The lowest BCUT2D eigenvalue weighted by Gasteiger charge is -2.30. The first-order valence-corrected chi connectivity index (χ1v) is 51.5. The summed E-state index contributed by atoms with van der Waals surface area (Å²) >= 11 is 0. The van der Waals surface area contributed by atoms with Crippen molar-refractivity contribution in [1.82, 2.24) is 10.3 Å². The summed E-state index contributed by atoms with van der Waals surface area (Å²) in [4.78, 5) is 3.52. The normalized spacial score (nSPS) is 16.4. The first kappa shape index (κ1) is 108. The molecule has 7 saturated carbocycles. The zero-order chi connectivity index (χ0) is 94.4. The van der Waals surface area contributed by atoms with Gasteiger partial charge in [0.15, 0.2) is 0 Å². The van der Waals surface area contributed by atoms with Crippen LogP contribution in [-0.2, 0) is 12.8 Å². The molecule has 134 heavy (non-hydrogen) atoms. The number of benzene rings is 11. The average Bonchev–Trinajstić information content (AvgIpc) is 1.65. The second-order valence-electron chi connectivity index (χ2n) is 37.0. The van der Waals surface area contributed by atoms with E-state index in [4.69, 9.17) is 51.6 Å². The molecule has 9 aliphatic rings. The molecule has 0 bridgehead atoms. The summed E-state index contributed by atoms with van der Waals surface area (Å²) in [6.45, 7) is 0. The topological polar surface area (TPSA) is 298 Å². The van der Waals surface area contributed by atoms with Crippen molar-refractivity contribution in [1.29, 1.82) is 0 Å². The predicted octanol–water partition coefficient (Wildman–Crippen LogP) is 32.2. The molecule has 0 spiro atoms. The van der Waals surface area contributed by atoms with Crippen LogP contribution in [0.25, 0.3) is 22.0 Å². The number of nitrogens with one attached hydrogen (secondary N) is 5. The lowest BCUT2D eigenvalue weighted by molar-refractivity contribution is 0.291. The van der Waals surface area contributed by atoms with Crippen molar-refractivity contribution in [3.05, 3.63) is 338 Å². The van der Waals surface area contributed by atoms with Crippen molar-refractivity contribution in [2.45, 2.75) is 319 Å². The lowest BCUT2D eigenvalue weighted by atomic mass is 9.91. The summed E-state index contributed by atoms with van der Waals surface area (Å²) in [5, 5.41) is 15.5. The number of nitrogen functional groups attached to an aromatic ring is 6. The van der Waals surface area contributed by atoms with Gasteiger partial charge in [0.05, 0.1) is 11.4 Å². The molecule has 0 radical (unpaired) electrons. The fourth-order valence-corrected chi connectivity index (χ4v) is 17.8. The fourth-order valence-electron chi connectivity index (χ4n) is 17.8. The molecule has 21 rings (SSSR count). The van der Waals surface area contributed by atoms with Gasteiger partial charge in [-0.1, -0.05) is 366 Å². The number of nitrogens with two attached hydrogens (primary N) is 9. The van der Waals surface area contributed by atoms with Crippen molar-refractivity contribution in [2.24, 2.45) is 17.2 Å². The van der Waals surface area contributed by atoms with Crippen LogP contribution in [0.1, 0.15) is 291 Å². The zero-order valence-electron chi connectivity index (χ0n) is 81.4. The van der Waals surface area contributed by atoms with Crippen LogP contribution in [0.4, 0.5) is 56.9 Å². The fraction of sp³-hybridized carbons (Fsp3) is 0.417. The van der Waals surface area contributed by atoms with E-state index in [-0.39, 0.29) is 9.99 Å². The summed E-state index contributed by atoms with van der Waals surface area (Å²) < 4.78 is 0. The Kier molecular flexibility index (Phi) is 56.1. The highest BCUT2D eigenvalue weighted by Crippen LogP contribution is 2.31. The van der Waals surface area contributed by atoms with Crippen LogP contribution in [0.2, 0.25) is 0 Å². The first-order valence-electron chi connectivity index (χ1n) is 51.5. The number of aromatic nitrogens is 1. The van der Waals surface area contributed by atoms with Crippen LogP contribution in [0, 0.1) is 0 Å². The lowest BCUT2D eigenvalue weighted by Crippen LogP contribution is -2.40. The number of hydrogen-bond acceptors (Lipinski definition) is 13. The van der Waals surface area contributed by atoms with Gasteiger partial charge in [0.2, 0.25) is 0 Å². The molecule has 0 amide bonds. The maximum atomic E-state index is 5.88. The van der Waals surface area contributed by atoms with E-state index in [1.807, 2.05) is 249 Å². The second kappa shape index (κ2) is 69.6. The van der Waals surface area contributed by atoms with Crippen LogP contribution < -0.4 is 72.9 Å². The Hall–Kier alpha value is -11.3. The van der Waals surface area contributed by atoms with E-state index in [2.05, 4.69) is 99.1 Å². The number of hydrogen-bond donors (Lipinski definition) is 14. The Bertz CT molecular complexity index is 4640. The number of H-pyrrole nitrogens is 1. The smallest absolute Gasteiger partial charge is 0.0576 e. The average molecular weight is 1820 g/mol. The third kappa shape index (κ3) is 49.6. The minimum Gasteiger partial charge on any atom is -0.399 e. The molecule has 9 aliphatic carbocycles. The molecule has 0 atom stereocenters.